The number of nitrogens with one attached hydrogen (secondary N) is 1. The predicted molar refractivity (Wildman–Crippen MR) is 75.5 cm³/mol. The molecule has 5 aliphatic carbocycles. The minimum Gasteiger partial charge on any atom is -0.314 e. The van der Waals surface area contributed by atoms with Gasteiger partial charge in [-0.25, -0.2) is 0 Å². The third-order valence-electron chi connectivity index (χ3n) is 7.24. The van der Waals surface area contributed by atoms with Crippen molar-refractivity contribution >= 4 is 0 Å². The van der Waals surface area contributed by atoms with Gasteiger partial charge in [0, 0.05) is 5.54 Å². The van der Waals surface area contributed by atoms with Crippen LogP contribution >= 0.6 is 0 Å². The molecule has 0 aliphatic heterocycles. The number of hydrogen-bond acceptors (Lipinski definition) is 1. The Bertz CT molecular complexity index is 291. The summed E-state index contributed by atoms with van der Waals surface area (Å²) in [5, 5.41) is 3.87. The smallest absolute Gasteiger partial charge is 0.0235 e. The Hall–Kier alpha value is -0.0400. The van der Waals surface area contributed by atoms with Gasteiger partial charge in [0.2, 0.25) is 0 Å². The highest BCUT2D eigenvalue weighted by Crippen LogP contribution is 2.65. The van der Waals surface area contributed by atoms with Gasteiger partial charge in [-0.2, -0.15) is 0 Å². The molecule has 1 nitrogen and oxygen atoms in total. The molecular weight excluding hydrogens is 218 g/mol. The van der Waals surface area contributed by atoms with Gasteiger partial charge < -0.3 is 5.32 Å². The molecule has 0 aromatic heterocycles. The molecule has 102 valence electrons. The summed E-state index contributed by atoms with van der Waals surface area (Å²) in [6.07, 6.45) is 16.8. The Morgan fingerprint density at radius 1 is 0.778 bits per heavy atom. The van der Waals surface area contributed by atoms with Gasteiger partial charge in [-0.05, 0) is 81.6 Å². The Morgan fingerprint density at radius 2 is 1.28 bits per heavy atom. The maximum atomic E-state index is 3.87. The van der Waals surface area contributed by atoms with Crippen molar-refractivity contribution in [1.29, 1.82) is 0 Å². The topological polar surface area (TPSA) is 12.0 Å². The van der Waals surface area contributed by atoms with Gasteiger partial charge in [0.25, 0.3) is 0 Å². The Labute approximate surface area is 112 Å². The van der Waals surface area contributed by atoms with Gasteiger partial charge in [0.1, 0.15) is 0 Å². The van der Waals surface area contributed by atoms with Crippen LogP contribution in [0.1, 0.15) is 70.6 Å². The van der Waals surface area contributed by atoms with Crippen LogP contribution in [0.3, 0.4) is 0 Å². The molecule has 4 bridgehead atoms. The second kappa shape index (κ2) is 3.98. The van der Waals surface area contributed by atoms with E-state index in [1.165, 1.54) is 32.1 Å². The van der Waals surface area contributed by atoms with E-state index in [1.807, 2.05) is 0 Å². The van der Waals surface area contributed by atoms with E-state index in [9.17, 15) is 0 Å². The summed E-state index contributed by atoms with van der Waals surface area (Å²) in [4.78, 5) is 0. The normalized spacial score (nSPS) is 49.5. The van der Waals surface area contributed by atoms with Crippen LogP contribution in [0.25, 0.3) is 0 Å². The summed E-state index contributed by atoms with van der Waals surface area (Å²) in [5.41, 5.74) is 1.23. The molecule has 1 N–H and O–H groups in total. The van der Waals surface area contributed by atoms with Gasteiger partial charge in [-0.15, -0.1) is 0 Å². The van der Waals surface area contributed by atoms with Crippen LogP contribution in [-0.2, 0) is 0 Å². The van der Waals surface area contributed by atoms with E-state index in [4.69, 9.17) is 0 Å². The van der Waals surface area contributed by atoms with Crippen LogP contribution in [0.15, 0.2) is 0 Å². The van der Waals surface area contributed by atoms with Crippen molar-refractivity contribution in [3.8, 4) is 0 Å². The number of rotatable bonds is 2. The first kappa shape index (κ1) is 11.8. The van der Waals surface area contributed by atoms with Crippen LogP contribution in [0.4, 0.5) is 0 Å². The zero-order valence-corrected chi connectivity index (χ0v) is 12.0. The molecular formula is C17H29N. The molecule has 0 saturated heterocycles. The fraction of sp³-hybridized carbons (Fsp3) is 1.00. The first-order chi connectivity index (χ1) is 8.75. The second-order valence-corrected chi connectivity index (χ2v) is 8.09. The van der Waals surface area contributed by atoms with E-state index in [2.05, 4.69) is 12.4 Å². The van der Waals surface area contributed by atoms with E-state index in [-0.39, 0.29) is 0 Å². The highest BCUT2D eigenvalue weighted by atomic mass is 15.0. The molecule has 0 heterocycles. The van der Waals surface area contributed by atoms with E-state index >= 15 is 0 Å². The van der Waals surface area contributed by atoms with Gasteiger partial charge in [0.05, 0.1) is 0 Å². The largest absolute Gasteiger partial charge is 0.314 e. The average molecular weight is 247 g/mol. The van der Waals surface area contributed by atoms with E-state index < -0.39 is 0 Å². The average Bonchev–Trinajstić information content (AvgIpc) is 2.38. The molecule has 0 spiro atoms. The summed E-state index contributed by atoms with van der Waals surface area (Å²) in [5.74, 6) is 3.30. The summed E-state index contributed by atoms with van der Waals surface area (Å²) >= 11 is 0. The van der Waals surface area contributed by atoms with Crippen molar-refractivity contribution in [2.45, 2.75) is 76.2 Å². The van der Waals surface area contributed by atoms with Crippen molar-refractivity contribution in [2.75, 3.05) is 7.05 Å². The highest BCUT2D eigenvalue weighted by molar-refractivity contribution is 5.13. The summed E-state index contributed by atoms with van der Waals surface area (Å²) in [6.45, 7) is 0. The van der Waals surface area contributed by atoms with E-state index in [0.29, 0.717) is 11.0 Å². The van der Waals surface area contributed by atoms with Gasteiger partial charge in [-0.1, -0.05) is 19.3 Å². The van der Waals surface area contributed by atoms with Gasteiger partial charge >= 0.3 is 0 Å². The minimum absolute atomic E-state index is 0.529. The minimum atomic E-state index is 0.529. The molecule has 0 amide bonds. The van der Waals surface area contributed by atoms with Crippen molar-refractivity contribution in [1.82, 2.24) is 5.32 Å². The quantitative estimate of drug-likeness (QED) is 0.774. The van der Waals surface area contributed by atoms with E-state index in [0.717, 1.165) is 17.8 Å². The van der Waals surface area contributed by atoms with Crippen LogP contribution in [0.2, 0.25) is 0 Å². The molecule has 5 fully saturated rings. The molecule has 0 unspecified atom stereocenters. The van der Waals surface area contributed by atoms with Crippen molar-refractivity contribution < 1.29 is 0 Å². The number of hydrogen-bond donors (Lipinski definition) is 1. The lowest BCUT2D eigenvalue weighted by Crippen LogP contribution is -2.64. The Balaban J connectivity index is 1.69. The van der Waals surface area contributed by atoms with Crippen LogP contribution < -0.4 is 5.32 Å². The first-order valence-electron chi connectivity index (χ1n) is 8.44. The van der Waals surface area contributed by atoms with Crippen molar-refractivity contribution in [3.63, 3.8) is 0 Å². The van der Waals surface area contributed by atoms with Gasteiger partial charge in [0.15, 0.2) is 0 Å². The summed E-state index contributed by atoms with van der Waals surface area (Å²) in [6, 6.07) is 0. The van der Waals surface area contributed by atoms with Gasteiger partial charge in [-0.3, -0.25) is 0 Å². The van der Waals surface area contributed by atoms with Crippen LogP contribution in [-0.4, -0.2) is 12.6 Å². The molecule has 1 heteroatoms. The van der Waals surface area contributed by atoms with Crippen LogP contribution in [0.5, 0.6) is 0 Å². The maximum absolute atomic E-state index is 3.87. The third-order valence-corrected chi connectivity index (χ3v) is 7.24. The maximum Gasteiger partial charge on any atom is 0.0235 e. The summed E-state index contributed by atoms with van der Waals surface area (Å²) < 4.78 is 0. The lowest BCUT2D eigenvalue weighted by Gasteiger charge is -2.65. The SMILES string of the molecule is CNC1(C23CC4CC(CC(C4)C2)C3)CCCCC1. The summed E-state index contributed by atoms with van der Waals surface area (Å²) in [7, 11) is 2.27. The molecule has 5 aliphatic rings. The lowest BCUT2D eigenvalue weighted by molar-refractivity contribution is -0.116. The molecule has 5 rings (SSSR count). The molecule has 0 aromatic rings. The molecule has 0 radical (unpaired) electrons. The van der Waals surface area contributed by atoms with Crippen molar-refractivity contribution in [3.05, 3.63) is 0 Å². The monoisotopic (exact) mass is 247 g/mol. The molecule has 5 saturated carbocycles. The highest BCUT2D eigenvalue weighted by Gasteiger charge is 2.59. The zero-order chi connectivity index (χ0) is 12.2. The second-order valence-electron chi connectivity index (χ2n) is 8.09. The predicted octanol–water partition coefficient (Wildman–Crippen LogP) is 4.13. The zero-order valence-electron chi connectivity index (χ0n) is 12.0. The first-order valence-corrected chi connectivity index (χ1v) is 8.44. The Morgan fingerprint density at radius 3 is 1.72 bits per heavy atom. The van der Waals surface area contributed by atoms with Crippen LogP contribution in [0, 0.1) is 23.2 Å². The fourth-order valence-electron chi connectivity index (χ4n) is 6.90. The molecule has 0 aromatic carbocycles. The van der Waals surface area contributed by atoms with E-state index in [1.54, 1.807) is 38.5 Å². The fourth-order valence-corrected chi connectivity index (χ4v) is 6.90. The third kappa shape index (κ3) is 1.49. The molecule has 0 atom stereocenters. The van der Waals surface area contributed by atoms with Crippen molar-refractivity contribution in [2.24, 2.45) is 23.2 Å². The lowest BCUT2D eigenvalue weighted by atomic mass is 9.43. The molecule has 18 heavy (non-hydrogen) atoms. The standard InChI is InChI=1S/C17H29N/c1-18-17(5-3-2-4-6-17)16-10-13-7-14(11-16)9-15(8-13)12-16/h13-15,18H,2-12H2,1H3. The Kier molecular flexibility index (Phi) is 2.60.